The molecule has 1 heterocycles. The van der Waals surface area contributed by atoms with Crippen molar-refractivity contribution in [2.75, 3.05) is 6.61 Å². The van der Waals surface area contributed by atoms with E-state index in [2.05, 4.69) is 9.72 Å². The van der Waals surface area contributed by atoms with Crippen molar-refractivity contribution in [3.05, 3.63) is 24.0 Å². The van der Waals surface area contributed by atoms with Crippen LogP contribution in [0.15, 0.2) is 18.5 Å². The van der Waals surface area contributed by atoms with Crippen molar-refractivity contribution in [2.24, 2.45) is 0 Å². The van der Waals surface area contributed by atoms with Crippen LogP contribution in [0.2, 0.25) is 0 Å². The number of pyridine rings is 1. The SMILES string of the molecule is N#Cc1ccncc1OCC(F)(F)F. The maximum atomic E-state index is 11.7. The number of hydrogen-bond acceptors (Lipinski definition) is 3. The Hall–Kier alpha value is -1.77. The molecule has 0 radical (unpaired) electrons. The van der Waals surface area contributed by atoms with E-state index in [1.54, 1.807) is 6.07 Å². The molecule has 0 atom stereocenters. The zero-order chi connectivity index (χ0) is 10.6. The first-order valence-corrected chi connectivity index (χ1v) is 3.56. The minimum absolute atomic E-state index is 0.0317. The first-order chi connectivity index (χ1) is 6.53. The fraction of sp³-hybridized carbons (Fsp3) is 0.250. The number of aromatic nitrogens is 1. The van der Waals surface area contributed by atoms with E-state index in [4.69, 9.17) is 5.26 Å². The average molecular weight is 202 g/mol. The molecule has 0 amide bonds. The number of alkyl halides is 3. The molecule has 0 saturated carbocycles. The third-order valence-corrected chi connectivity index (χ3v) is 1.30. The molecular weight excluding hydrogens is 197 g/mol. The van der Waals surface area contributed by atoms with Gasteiger partial charge < -0.3 is 4.74 Å². The Balaban J connectivity index is 2.73. The highest BCUT2D eigenvalue weighted by Crippen LogP contribution is 2.20. The van der Waals surface area contributed by atoms with Crippen LogP contribution < -0.4 is 4.74 Å². The molecule has 0 aromatic carbocycles. The van der Waals surface area contributed by atoms with Crippen molar-refractivity contribution in [2.45, 2.75) is 6.18 Å². The fourth-order valence-corrected chi connectivity index (χ4v) is 0.747. The number of nitrogens with zero attached hydrogens (tertiary/aromatic N) is 2. The normalized spacial score (nSPS) is 10.7. The zero-order valence-corrected chi connectivity index (χ0v) is 6.88. The molecule has 1 aromatic heterocycles. The summed E-state index contributed by atoms with van der Waals surface area (Å²) in [5.41, 5.74) is 0.0317. The summed E-state index contributed by atoms with van der Waals surface area (Å²) < 4.78 is 39.6. The largest absolute Gasteiger partial charge is 0.481 e. The van der Waals surface area contributed by atoms with Gasteiger partial charge in [0.1, 0.15) is 6.07 Å². The lowest BCUT2D eigenvalue weighted by molar-refractivity contribution is -0.153. The Morgan fingerprint density at radius 3 is 2.79 bits per heavy atom. The summed E-state index contributed by atoms with van der Waals surface area (Å²) in [4.78, 5) is 3.55. The summed E-state index contributed by atoms with van der Waals surface area (Å²) in [5.74, 6) is -0.160. The van der Waals surface area contributed by atoms with Crippen molar-refractivity contribution in [3.8, 4) is 11.8 Å². The van der Waals surface area contributed by atoms with Crippen LogP contribution in [0.25, 0.3) is 0 Å². The van der Waals surface area contributed by atoms with Crippen LogP contribution in [0.3, 0.4) is 0 Å². The molecule has 0 aliphatic rings. The zero-order valence-electron chi connectivity index (χ0n) is 6.88. The molecule has 0 unspecified atom stereocenters. The second kappa shape index (κ2) is 3.96. The Bertz CT molecular complexity index is 356. The highest BCUT2D eigenvalue weighted by Gasteiger charge is 2.28. The van der Waals surface area contributed by atoms with Crippen LogP contribution in [-0.2, 0) is 0 Å². The summed E-state index contributed by atoms with van der Waals surface area (Å²) in [5, 5.41) is 8.51. The fourth-order valence-electron chi connectivity index (χ4n) is 0.747. The smallest absolute Gasteiger partial charge is 0.422 e. The third kappa shape index (κ3) is 2.94. The first-order valence-electron chi connectivity index (χ1n) is 3.56. The summed E-state index contributed by atoms with van der Waals surface area (Å²) >= 11 is 0. The summed E-state index contributed by atoms with van der Waals surface area (Å²) in [6.45, 7) is -1.42. The molecule has 6 heteroatoms. The highest BCUT2D eigenvalue weighted by atomic mass is 19.4. The van der Waals surface area contributed by atoms with Crippen LogP contribution in [0, 0.1) is 11.3 Å². The summed E-state index contributed by atoms with van der Waals surface area (Å²) in [7, 11) is 0. The third-order valence-electron chi connectivity index (χ3n) is 1.30. The van der Waals surface area contributed by atoms with Gasteiger partial charge in [-0.25, -0.2) is 0 Å². The molecule has 1 aromatic rings. The Morgan fingerprint density at radius 2 is 2.21 bits per heavy atom. The molecule has 0 aliphatic heterocycles. The molecule has 0 fully saturated rings. The van der Waals surface area contributed by atoms with Crippen LogP contribution in [-0.4, -0.2) is 17.8 Å². The quantitative estimate of drug-likeness (QED) is 0.735. The summed E-state index contributed by atoms with van der Waals surface area (Å²) in [6.07, 6.45) is -2.04. The van der Waals surface area contributed by atoms with Gasteiger partial charge in [-0.1, -0.05) is 0 Å². The molecule has 0 N–H and O–H groups in total. The van der Waals surface area contributed by atoms with Gasteiger partial charge in [-0.2, -0.15) is 18.4 Å². The number of halogens is 3. The van der Waals surface area contributed by atoms with Crippen LogP contribution in [0.1, 0.15) is 5.56 Å². The predicted molar refractivity (Wildman–Crippen MR) is 40.5 cm³/mol. The Kier molecular flexibility index (Phi) is 2.92. The van der Waals surface area contributed by atoms with E-state index in [1.807, 2.05) is 0 Å². The molecule has 1 rings (SSSR count). The Morgan fingerprint density at radius 1 is 1.50 bits per heavy atom. The van der Waals surface area contributed by atoms with Gasteiger partial charge in [0, 0.05) is 6.20 Å². The first kappa shape index (κ1) is 10.3. The summed E-state index contributed by atoms with van der Waals surface area (Å²) in [6, 6.07) is 2.98. The van der Waals surface area contributed by atoms with Crippen molar-refractivity contribution >= 4 is 0 Å². The van der Waals surface area contributed by atoms with Crippen LogP contribution >= 0.6 is 0 Å². The lowest BCUT2D eigenvalue weighted by Gasteiger charge is -2.09. The van der Waals surface area contributed by atoms with E-state index in [9.17, 15) is 13.2 Å². The number of hydrogen-bond donors (Lipinski definition) is 0. The van der Waals surface area contributed by atoms with Crippen molar-refractivity contribution in [1.82, 2.24) is 4.98 Å². The van der Waals surface area contributed by atoms with Gasteiger partial charge in [0.05, 0.1) is 11.8 Å². The van der Waals surface area contributed by atoms with Gasteiger partial charge in [0.25, 0.3) is 0 Å². The van der Waals surface area contributed by atoms with E-state index in [0.29, 0.717) is 0 Å². The minimum atomic E-state index is -4.41. The van der Waals surface area contributed by atoms with Crippen molar-refractivity contribution < 1.29 is 17.9 Å². The molecular formula is C8H5F3N2O. The lowest BCUT2D eigenvalue weighted by atomic mass is 10.3. The number of ether oxygens (including phenoxy) is 1. The monoisotopic (exact) mass is 202 g/mol. The molecule has 0 bridgehead atoms. The van der Waals surface area contributed by atoms with Crippen LogP contribution in [0.5, 0.6) is 5.75 Å². The molecule has 0 saturated heterocycles. The number of nitriles is 1. The van der Waals surface area contributed by atoms with Gasteiger partial charge in [-0.15, -0.1) is 0 Å². The van der Waals surface area contributed by atoms with E-state index in [1.165, 1.54) is 12.3 Å². The van der Waals surface area contributed by atoms with E-state index in [0.717, 1.165) is 6.20 Å². The van der Waals surface area contributed by atoms with Gasteiger partial charge in [0.15, 0.2) is 12.4 Å². The van der Waals surface area contributed by atoms with Gasteiger partial charge in [0.2, 0.25) is 0 Å². The maximum absolute atomic E-state index is 11.7. The molecule has 0 spiro atoms. The second-order valence-electron chi connectivity index (χ2n) is 2.39. The lowest BCUT2D eigenvalue weighted by Crippen LogP contribution is -2.19. The van der Waals surface area contributed by atoms with Gasteiger partial charge in [-0.05, 0) is 6.07 Å². The van der Waals surface area contributed by atoms with E-state index < -0.39 is 12.8 Å². The van der Waals surface area contributed by atoms with E-state index >= 15 is 0 Å². The standard InChI is InChI=1S/C8H5F3N2O/c9-8(10,11)5-14-7-4-13-2-1-6(7)3-12/h1-2,4H,5H2. The van der Waals surface area contributed by atoms with Gasteiger partial charge >= 0.3 is 6.18 Å². The molecule has 3 nitrogen and oxygen atoms in total. The molecule has 14 heavy (non-hydrogen) atoms. The van der Waals surface area contributed by atoms with E-state index in [-0.39, 0.29) is 11.3 Å². The highest BCUT2D eigenvalue weighted by molar-refractivity contribution is 5.40. The average Bonchev–Trinajstić information content (AvgIpc) is 2.14. The number of rotatable bonds is 2. The van der Waals surface area contributed by atoms with Gasteiger partial charge in [-0.3, -0.25) is 4.98 Å². The minimum Gasteiger partial charge on any atom is -0.481 e. The van der Waals surface area contributed by atoms with Crippen LogP contribution in [0.4, 0.5) is 13.2 Å². The van der Waals surface area contributed by atoms with Crippen molar-refractivity contribution in [3.63, 3.8) is 0 Å². The Labute approximate surface area is 77.7 Å². The second-order valence-corrected chi connectivity index (χ2v) is 2.39. The topological polar surface area (TPSA) is 45.9 Å². The van der Waals surface area contributed by atoms with Crippen molar-refractivity contribution in [1.29, 1.82) is 5.26 Å². The molecule has 0 aliphatic carbocycles. The molecule has 74 valence electrons. The predicted octanol–water partition coefficient (Wildman–Crippen LogP) is 1.89. The maximum Gasteiger partial charge on any atom is 0.422 e.